The zero-order valence-electron chi connectivity index (χ0n) is 6.09. The maximum absolute atomic E-state index is 5.28. The number of rotatable bonds is 1. The topological polar surface area (TPSA) is 18.5 Å². The molecule has 1 fully saturated rings. The first kappa shape index (κ1) is 7.03. The van der Waals surface area contributed by atoms with E-state index in [1.807, 2.05) is 0 Å². The lowest BCUT2D eigenvalue weighted by atomic mass is 10.1. The molecule has 0 saturated carbocycles. The van der Waals surface area contributed by atoms with Gasteiger partial charge in [-0.3, -0.25) is 0 Å². The Morgan fingerprint density at radius 1 is 1.44 bits per heavy atom. The standard InChI is InChI=1S/C7H14O2/c1-3-7-4-6(2)8-5-9-7/h6-7H,3-5H2,1-2H3/t6-,7?/m1/s1. The van der Waals surface area contributed by atoms with Crippen LogP contribution in [0.2, 0.25) is 0 Å². The van der Waals surface area contributed by atoms with Crippen molar-refractivity contribution in [2.24, 2.45) is 0 Å². The van der Waals surface area contributed by atoms with E-state index in [-0.39, 0.29) is 0 Å². The second-order valence-electron chi connectivity index (χ2n) is 2.53. The molecule has 1 aliphatic heterocycles. The van der Waals surface area contributed by atoms with E-state index in [1.54, 1.807) is 0 Å². The lowest BCUT2D eigenvalue weighted by Crippen LogP contribution is -2.28. The molecular weight excluding hydrogens is 116 g/mol. The Hall–Kier alpha value is -0.0800. The third-order valence-electron chi connectivity index (χ3n) is 1.71. The van der Waals surface area contributed by atoms with E-state index in [1.165, 1.54) is 0 Å². The van der Waals surface area contributed by atoms with Crippen LogP contribution in [0.3, 0.4) is 0 Å². The van der Waals surface area contributed by atoms with Gasteiger partial charge in [0.2, 0.25) is 0 Å². The highest BCUT2D eigenvalue weighted by Crippen LogP contribution is 2.14. The number of hydrogen-bond donors (Lipinski definition) is 0. The Labute approximate surface area is 56.2 Å². The number of hydrogen-bond acceptors (Lipinski definition) is 2. The highest BCUT2D eigenvalue weighted by atomic mass is 16.7. The second-order valence-corrected chi connectivity index (χ2v) is 2.53. The van der Waals surface area contributed by atoms with Crippen molar-refractivity contribution in [3.8, 4) is 0 Å². The van der Waals surface area contributed by atoms with Crippen LogP contribution in [0.15, 0.2) is 0 Å². The van der Waals surface area contributed by atoms with Crippen LogP contribution in [0, 0.1) is 0 Å². The summed E-state index contributed by atoms with van der Waals surface area (Å²) in [6, 6.07) is 0. The van der Waals surface area contributed by atoms with Crippen molar-refractivity contribution in [2.75, 3.05) is 6.79 Å². The maximum atomic E-state index is 5.28. The Kier molecular flexibility index (Phi) is 2.49. The molecular formula is C7H14O2. The predicted molar refractivity (Wildman–Crippen MR) is 35.2 cm³/mol. The first-order chi connectivity index (χ1) is 4.33. The Morgan fingerprint density at radius 3 is 2.67 bits per heavy atom. The van der Waals surface area contributed by atoms with E-state index < -0.39 is 0 Å². The molecule has 0 aromatic heterocycles. The fourth-order valence-electron chi connectivity index (χ4n) is 1.04. The smallest absolute Gasteiger partial charge is 0.147 e. The molecule has 0 radical (unpaired) electrons. The molecule has 1 rings (SSSR count). The summed E-state index contributed by atoms with van der Waals surface area (Å²) in [5.74, 6) is 0. The molecule has 2 atom stereocenters. The lowest BCUT2D eigenvalue weighted by molar-refractivity contribution is -0.170. The summed E-state index contributed by atoms with van der Waals surface area (Å²) in [4.78, 5) is 0. The molecule has 1 saturated heterocycles. The summed E-state index contributed by atoms with van der Waals surface area (Å²) in [7, 11) is 0. The highest BCUT2D eigenvalue weighted by Gasteiger charge is 2.17. The molecule has 54 valence electrons. The Bertz CT molecular complexity index is 83.0. The quantitative estimate of drug-likeness (QED) is 0.536. The van der Waals surface area contributed by atoms with Crippen molar-refractivity contribution in [3.63, 3.8) is 0 Å². The van der Waals surface area contributed by atoms with Crippen molar-refractivity contribution >= 4 is 0 Å². The third-order valence-corrected chi connectivity index (χ3v) is 1.71. The van der Waals surface area contributed by atoms with Crippen LogP contribution in [-0.4, -0.2) is 19.0 Å². The Morgan fingerprint density at radius 2 is 2.22 bits per heavy atom. The molecule has 1 heterocycles. The van der Waals surface area contributed by atoms with Crippen LogP contribution < -0.4 is 0 Å². The first-order valence-corrected chi connectivity index (χ1v) is 3.56. The molecule has 0 aromatic carbocycles. The van der Waals surface area contributed by atoms with Gasteiger partial charge in [-0.15, -0.1) is 0 Å². The van der Waals surface area contributed by atoms with Crippen molar-refractivity contribution in [1.82, 2.24) is 0 Å². The predicted octanol–water partition coefficient (Wildman–Crippen LogP) is 1.55. The molecule has 2 heteroatoms. The summed E-state index contributed by atoms with van der Waals surface area (Å²) < 4.78 is 10.5. The Balaban J connectivity index is 2.23. The van der Waals surface area contributed by atoms with Gasteiger partial charge in [-0.25, -0.2) is 0 Å². The molecule has 0 aliphatic carbocycles. The van der Waals surface area contributed by atoms with Crippen molar-refractivity contribution in [3.05, 3.63) is 0 Å². The van der Waals surface area contributed by atoms with Gasteiger partial charge in [-0.2, -0.15) is 0 Å². The van der Waals surface area contributed by atoms with Gasteiger partial charge in [0.05, 0.1) is 12.2 Å². The fraction of sp³-hybridized carbons (Fsp3) is 1.00. The van der Waals surface area contributed by atoms with E-state index in [2.05, 4.69) is 13.8 Å². The molecule has 0 N–H and O–H groups in total. The lowest BCUT2D eigenvalue weighted by Gasteiger charge is -2.26. The summed E-state index contributed by atoms with van der Waals surface area (Å²) in [6.45, 7) is 4.72. The third kappa shape index (κ3) is 1.95. The molecule has 0 spiro atoms. The van der Waals surface area contributed by atoms with E-state index in [0.717, 1.165) is 12.8 Å². The van der Waals surface area contributed by atoms with Crippen LogP contribution in [0.4, 0.5) is 0 Å². The average molecular weight is 130 g/mol. The van der Waals surface area contributed by atoms with E-state index >= 15 is 0 Å². The monoisotopic (exact) mass is 130 g/mol. The van der Waals surface area contributed by atoms with Gasteiger partial charge in [0.15, 0.2) is 0 Å². The fourth-order valence-corrected chi connectivity index (χ4v) is 1.04. The highest BCUT2D eigenvalue weighted by molar-refractivity contribution is 4.63. The zero-order valence-corrected chi connectivity index (χ0v) is 6.09. The minimum atomic E-state index is 0.392. The van der Waals surface area contributed by atoms with Gasteiger partial charge >= 0.3 is 0 Å². The van der Waals surface area contributed by atoms with Gasteiger partial charge in [0, 0.05) is 0 Å². The summed E-state index contributed by atoms with van der Waals surface area (Å²) in [5.41, 5.74) is 0. The number of ether oxygens (including phenoxy) is 2. The van der Waals surface area contributed by atoms with Crippen LogP contribution in [0.1, 0.15) is 26.7 Å². The first-order valence-electron chi connectivity index (χ1n) is 3.56. The molecule has 2 nitrogen and oxygen atoms in total. The minimum Gasteiger partial charge on any atom is -0.352 e. The van der Waals surface area contributed by atoms with Crippen molar-refractivity contribution in [2.45, 2.75) is 38.9 Å². The van der Waals surface area contributed by atoms with Crippen LogP contribution in [0.5, 0.6) is 0 Å². The van der Waals surface area contributed by atoms with Gasteiger partial charge in [0.25, 0.3) is 0 Å². The molecule has 0 bridgehead atoms. The van der Waals surface area contributed by atoms with Gasteiger partial charge < -0.3 is 9.47 Å². The van der Waals surface area contributed by atoms with E-state index in [9.17, 15) is 0 Å². The van der Waals surface area contributed by atoms with Crippen LogP contribution >= 0.6 is 0 Å². The second kappa shape index (κ2) is 3.18. The zero-order chi connectivity index (χ0) is 6.69. The minimum absolute atomic E-state index is 0.392. The van der Waals surface area contributed by atoms with Gasteiger partial charge in [-0.1, -0.05) is 6.92 Å². The van der Waals surface area contributed by atoms with Gasteiger partial charge in [-0.05, 0) is 19.8 Å². The summed E-state index contributed by atoms with van der Waals surface area (Å²) in [5, 5.41) is 0. The molecule has 1 aliphatic rings. The van der Waals surface area contributed by atoms with Crippen LogP contribution in [0.25, 0.3) is 0 Å². The molecule has 1 unspecified atom stereocenters. The van der Waals surface area contributed by atoms with Crippen molar-refractivity contribution in [1.29, 1.82) is 0 Å². The normalized spacial score (nSPS) is 36.7. The SMILES string of the molecule is CCC1C[C@@H](C)OCO1. The summed E-state index contributed by atoms with van der Waals surface area (Å²) >= 11 is 0. The van der Waals surface area contributed by atoms with E-state index in [4.69, 9.17) is 9.47 Å². The summed E-state index contributed by atoms with van der Waals surface area (Å²) in [6.07, 6.45) is 2.99. The van der Waals surface area contributed by atoms with Gasteiger partial charge in [0.1, 0.15) is 6.79 Å². The molecule has 0 amide bonds. The average Bonchev–Trinajstić information content (AvgIpc) is 1.88. The van der Waals surface area contributed by atoms with E-state index in [0.29, 0.717) is 19.0 Å². The van der Waals surface area contributed by atoms with Crippen LogP contribution in [-0.2, 0) is 9.47 Å². The van der Waals surface area contributed by atoms with Crippen molar-refractivity contribution < 1.29 is 9.47 Å². The molecule has 0 aromatic rings. The largest absolute Gasteiger partial charge is 0.352 e. The maximum Gasteiger partial charge on any atom is 0.147 e. The molecule has 9 heavy (non-hydrogen) atoms.